The summed E-state index contributed by atoms with van der Waals surface area (Å²) in [7, 11) is 3.18. The minimum atomic E-state index is -0.671. The molecule has 1 amide bonds. The van der Waals surface area contributed by atoms with Gasteiger partial charge in [-0.05, 0) is 36.8 Å². The second-order valence-electron chi connectivity index (χ2n) is 6.56. The van der Waals surface area contributed by atoms with Crippen LogP contribution in [0.3, 0.4) is 0 Å². The van der Waals surface area contributed by atoms with Crippen LogP contribution in [0.1, 0.15) is 28.9 Å². The van der Waals surface area contributed by atoms with Crippen LogP contribution >= 0.6 is 11.7 Å². The maximum atomic E-state index is 13.5. The highest BCUT2D eigenvalue weighted by Crippen LogP contribution is 2.33. The number of hydrogen-bond acceptors (Lipinski definition) is 7. The minimum absolute atomic E-state index is 0.140. The smallest absolute Gasteiger partial charge is 0.257 e. The molecule has 1 heterocycles. The van der Waals surface area contributed by atoms with Gasteiger partial charge in [0, 0.05) is 20.2 Å². The van der Waals surface area contributed by atoms with Crippen molar-refractivity contribution in [3.8, 4) is 5.75 Å². The fraction of sp³-hybridized carbons (Fsp3) is 0.211. The maximum absolute atomic E-state index is 13.5. The third-order valence-electron chi connectivity index (χ3n) is 4.15. The summed E-state index contributed by atoms with van der Waals surface area (Å²) in [5, 5.41) is 16.4. The standard InChI is InChI=1S/C19H19F2N5O2S/c1-10(11-7-12(20)9-13(21)8-11)22-17-18(25-29-24-17)23-15-6-4-5-14(16(15)27)19(28)26(2)3/h4-10,27H,1-3H3,(H,22,24)(H,23,25)/t10-/m1/s1. The van der Waals surface area contributed by atoms with E-state index in [1.54, 1.807) is 33.2 Å². The molecule has 0 aliphatic rings. The minimum Gasteiger partial charge on any atom is -0.505 e. The number of anilines is 3. The summed E-state index contributed by atoms with van der Waals surface area (Å²) in [5.41, 5.74) is 0.821. The summed E-state index contributed by atoms with van der Waals surface area (Å²) >= 11 is 0.920. The molecule has 0 unspecified atom stereocenters. The molecular weight excluding hydrogens is 400 g/mol. The van der Waals surface area contributed by atoms with Gasteiger partial charge in [-0.2, -0.15) is 8.75 Å². The Kier molecular flexibility index (Phi) is 5.92. The zero-order valence-electron chi connectivity index (χ0n) is 15.9. The van der Waals surface area contributed by atoms with E-state index in [2.05, 4.69) is 19.4 Å². The second kappa shape index (κ2) is 8.39. The van der Waals surface area contributed by atoms with Crippen molar-refractivity contribution in [2.24, 2.45) is 0 Å². The molecule has 0 aliphatic heterocycles. The van der Waals surface area contributed by atoms with E-state index in [0.29, 0.717) is 17.2 Å². The van der Waals surface area contributed by atoms with E-state index >= 15 is 0 Å². The number of hydrogen-bond donors (Lipinski definition) is 3. The van der Waals surface area contributed by atoms with Crippen LogP contribution in [-0.4, -0.2) is 38.8 Å². The number of nitrogens with zero attached hydrogens (tertiary/aromatic N) is 3. The predicted octanol–water partition coefficient (Wildman–Crippen LogP) is 4.14. The van der Waals surface area contributed by atoms with Gasteiger partial charge in [-0.1, -0.05) is 6.07 Å². The lowest BCUT2D eigenvalue weighted by molar-refractivity contribution is 0.0824. The average Bonchev–Trinajstić information content (AvgIpc) is 3.08. The van der Waals surface area contributed by atoms with Crippen molar-refractivity contribution in [3.05, 3.63) is 59.2 Å². The summed E-state index contributed by atoms with van der Waals surface area (Å²) in [5.74, 6) is -1.25. The normalized spacial score (nSPS) is 11.8. The number of benzene rings is 2. The average molecular weight is 419 g/mol. The van der Waals surface area contributed by atoms with Gasteiger partial charge in [0.15, 0.2) is 17.4 Å². The third-order valence-corrected chi connectivity index (χ3v) is 4.68. The van der Waals surface area contributed by atoms with Crippen LogP contribution in [0.2, 0.25) is 0 Å². The van der Waals surface area contributed by atoms with Crippen LogP contribution < -0.4 is 10.6 Å². The molecule has 3 rings (SSSR count). The summed E-state index contributed by atoms with van der Waals surface area (Å²) in [6.07, 6.45) is 0. The Hall–Kier alpha value is -3.27. The van der Waals surface area contributed by atoms with Crippen molar-refractivity contribution in [2.45, 2.75) is 13.0 Å². The molecule has 0 saturated heterocycles. The van der Waals surface area contributed by atoms with E-state index in [-0.39, 0.29) is 22.9 Å². The largest absolute Gasteiger partial charge is 0.505 e. The number of para-hydroxylation sites is 1. The maximum Gasteiger partial charge on any atom is 0.257 e. The predicted molar refractivity (Wildman–Crippen MR) is 108 cm³/mol. The molecule has 7 nitrogen and oxygen atoms in total. The van der Waals surface area contributed by atoms with E-state index in [1.807, 2.05) is 0 Å². The number of carbonyl (C=O) groups is 1. The van der Waals surface area contributed by atoms with Crippen molar-refractivity contribution in [3.63, 3.8) is 0 Å². The quantitative estimate of drug-likeness (QED) is 0.520. The molecule has 3 N–H and O–H groups in total. The van der Waals surface area contributed by atoms with Gasteiger partial charge in [-0.25, -0.2) is 8.78 Å². The van der Waals surface area contributed by atoms with E-state index in [4.69, 9.17) is 0 Å². The van der Waals surface area contributed by atoms with Crippen molar-refractivity contribution < 1.29 is 18.7 Å². The first kappa shape index (κ1) is 20.5. The zero-order chi connectivity index (χ0) is 21.1. The molecule has 10 heteroatoms. The lowest BCUT2D eigenvalue weighted by atomic mass is 10.1. The monoisotopic (exact) mass is 419 g/mol. The van der Waals surface area contributed by atoms with Crippen LogP contribution in [0.15, 0.2) is 36.4 Å². The highest BCUT2D eigenvalue weighted by molar-refractivity contribution is 6.99. The molecule has 1 aromatic heterocycles. The number of rotatable bonds is 6. The summed E-state index contributed by atoms with van der Waals surface area (Å²) in [6, 6.07) is 7.55. The van der Waals surface area contributed by atoms with Crippen LogP contribution in [0.5, 0.6) is 5.75 Å². The lowest BCUT2D eigenvalue weighted by Crippen LogP contribution is -2.21. The molecular formula is C19H19F2N5O2S. The van der Waals surface area contributed by atoms with Gasteiger partial charge in [-0.3, -0.25) is 4.79 Å². The first-order chi connectivity index (χ1) is 13.8. The van der Waals surface area contributed by atoms with Gasteiger partial charge in [-0.15, -0.1) is 0 Å². The number of phenolic OH excluding ortho intramolecular Hbond substituents is 1. The molecule has 29 heavy (non-hydrogen) atoms. The van der Waals surface area contributed by atoms with Gasteiger partial charge in [0.25, 0.3) is 5.91 Å². The zero-order valence-corrected chi connectivity index (χ0v) is 16.7. The summed E-state index contributed by atoms with van der Waals surface area (Å²) < 4.78 is 35.2. The molecule has 0 radical (unpaired) electrons. The number of aromatic hydroxyl groups is 1. The Morgan fingerprint density at radius 2 is 1.79 bits per heavy atom. The Bertz CT molecular complexity index is 1020. The number of amides is 1. The Morgan fingerprint density at radius 3 is 2.45 bits per heavy atom. The van der Waals surface area contributed by atoms with E-state index in [0.717, 1.165) is 17.8 Å². The lowest BCUT2D eigenvalue weighted by Gasteiger charge is -2.16. The van der Waals surface area contributed by atoms with Crippen molar-refractivity contribution in [1.29, 1.82) is 0 Å². The second-order valence-corrected chi connectivity index (χ2v) is 7.09. The Labute approximate surface area is 170 Å². The molecule has 0 fully saturated rings. The molecule has 2 aromatic carbocycles. The van der Waals surface area contributed by atoms with E-state index in [9.17, 15) is 18.7 Å². The first-order valence-corrected chi connectivity index (χ1v) is 9.35. The van der Waals surface area contributed by atoms with Crippen molar-refractivity contribution in [2.75, 3.05) is 24.7 Å². The van der Waals surface area contributed by atoms with E-state index in [1.165, 1.54) is 23.1 Å². The topological polar surface area (TPSA) is 90.4 Å². The molecule has 152 valence electrons. The molecule has 0 spiro atoms. The molecule has 0 aliphatic carbocycles. The Morgan fingerprint density at radius 1 is 1.14 bits per heavy atom. The van der Waals surface area contributed by atoms with Gasteiger partial charge >= 0.3 is 0 Å². The van der Waals surface area contributed by atoms with Crippen LogP contribution in [0, 0.1) is 11.6 Å². The van der Waals surface area contributed by atoms with Gasteiger partial charge in [0.1, 0.15) is 11.6 Å². The highest BCUT2D eigenvalue weighted by atomic mass is 32.1. The SMILES string of the molecule is C[C@@H](Nc1nsnc1Nc1cccc(C(=O)N(C)C)c1O)c1cc(F)cc(F)c1. The summed E-state index contributed by atoms with van der Waals surface area (Å²) in [4.78, 5) is 13.5. The van der Waals surface area contributed by atoms with Crippen molar-refractivity contribution >= 4 is 35.0 Å². The van der Waals surface area contributed by atoms with Crippen LogP contribution in [0.4, 0.5) is 26.1 Å². The number of halogens is 2. The Balaban J connectivity index is 1.82. The van der Waals surface area contributed by atoms with Gasteiger partial charge in [0.2, 0.25) is 0 Å². The molecule has 1 atom stereocenters. The number of carbonyl (C=O) groups excluding carboxylic acids is 1. The fourth-order valence-corrected chi connectivity index (χ4v) is 3.14. The number of nitrogens with one attached hydrogen (secondary N) is 2. The summed E-state index contributed by atoms with van der Waals surface area (Å²) in [6.45, 7) is 1.73. The van der Waals surface area contributed by atoms with Gasteiger partial charge < -0.3 is 20.6 Å². The molecule has 0 saturated carbocycles. The fourth-order valence-electron chi connectivity index (χ4n) is 2.66. The molecule has 3 aromatic rings. The third kappa shape index (κ3) is 4.60. The molecule has 0 bridgehead atoms. The first-order valence-electron chi connectivity index (χ1n) is 8.62. The number of phenols is 1. The van der Waals surface area contributed by atoms with Crippen molar-refractivity contribution in [1.82, 2.24) is 13.6 Å². The van der Waals surface area contributed by atoms with Crippen LogP contribution in [-0.2, 0) is 0 Å². The van der Waals surface area contributed by atoms with E-state index < -0.39 is 17.7 Å². The van der Waals surface area contributed by atoms with Crippen LogP contribution in [0.25, 0.3) is 0 Å². The highest BCUT2D eigenvalue weighted by Gasteiger charge is 2.19. The number of aromatic nitrogens is 2. The van der Waals surface area contributed by atoms with Gasteiger partial charge in [0.05, 0.1) is 29.0 Å².